The van der Waals surface area contributed by atoms with Crippen LogP contribution in [-0.2, 0) is 16.0 Å². The number of methoxy groups -OCH3 is 1. The molecule has 0 aliphatic rings. The van der Waals surface area contributed by atoms with Crippen LogP contribution >= 0.6 is 12.4 Å². The van der Waals surface area contributed by atoms with Crippen LogP contribution < -0.4 is 10.5 Å². The Kier molecular flexibility index (Phi) is 9.00. The van der Waals surface area contributed by atoms with Crippen LogP contribution in [0.3, 0.4) is 0 Å². The Morgan fingerprint density at radius 1 is 1.32 bits per heavy atom. The molecule has 1 aromatic rings. The zero-order valence-electron chi connectivity index (χ0n) is 11.4. The van der Waals surface area contributed by atoms with E-state index < -0.39 is 12.0 Å². The molecule has 4 nitrogen and oxygen atoms in total. The number of hydrogen-bond acceptors (Lipinski definition) is 4. The van der Waals surface area contributed by atoms with Crippen LogP contribution in [0.25, 0.3) is 0 Å². The number of benzene rings is 1. The molecule has 0 spiro atoms. The second-order valence-electron chi connectivity index (χ2n) is 4.18. The molecule has 1 atom stereocenters. The van der Waals surface area contributed by atoms with Crippen molar-refractivity contribution in [1.82, 2.24) is 0 Å². The van der Waals surface area contributed by atoms with Gasteiger partial charge in [0, 0.05) is 0 Å². The second kappa shape index (κ2) is 9.64. The molecule has 0 amide bonds. The molecule has 0 radical (unpaired) electrons. The minimum absolute atomic E-state index is 0. The summed E-state index contributed by atoms with van der Waals surface area (Å²) in [6, 6.07) is 7.03. The molecule has 5 heteroatoms. The quantitative estimate of drug-likeness (QED) is 0.618. The van der Waals surface area contributed by atoms with Gasteiger partial charge in [-0.05, 0) is 30.5 Å². The van der Waals surface area contributed by atoms with Crippen molar-refractivity contribution in [2.45, 2.75) is 32.2 Å². The first-order chi connectivity index (χ1) is 8.67. The molecule has 0 saturated carbocycles. The first-order valence-electron chi connectivity index (χ1n) is 6.22. The first kappa shape index (κ1) is 17.7. The number of rotatable bonds is 7. The third-order valence-electron chi connectivity index (χ3n) is 2.65. The third kappa shape index (κ3) is 6.45. The number of nitrogens with two attached hydrogens (primary N) is 1. The number of carbonyl (C=O) groups is 1. The molecule has 0 aromatic heterocycles. The van der Waals surface area contributed by atoms with E-state index >= 15 is 0 Å². The SMILES string of the molecule is CCCCOc1ccc(C[C@H](N)C(=O)OC)cc1.Cl. The van der Waals surface area contributed by atoms with Gasteiger partial charge in [-0.1, -0.05) is 25.5 Å². The van der Waals surface area contributed by atoms with Crippen molar-refractivity contribution < 1.29 is 14.3 Å². The van der Waals surface area contributed by atoms with Crippen molar-refractivity contribution in [3.05, 3.63) is 29.8 Å². The van der Waals surface area contributed by atoms with E-state index in [-0.39, 0.29) is 12.4 Å². The zero-order chi connectivity index (χ0) is 13.4. The molecule has 1 rings (SSSR count). The Hall–Kier alpha value is -1.26. The maximum atomic E-state index is 11.2. The first-order valence-corrected chi connectivity index (χ1v) is 6.22. The van der Waals surface area contributed by atoms with Crippen LogP contribution in [0, 0.1) is 0 Å². The van der Waals surface area contributed by atoms with Crippen molar-refractivity contribution >= 4 is 18.4 Å². The molecule has 1 aromatic carbocycles. The summed E-state index contributed by atoms with van der Waals surface area (Å²) in [5.41, 5.74) is 6.69. The molecular formula is C14H22ClNO3. The van der Waals surface area contributed by atoms with E-state index in [0.29, 0.717) is 6.42 Å². The molecule has 108 valence electrons. The summed E-state index contributed by atoms with van der Waals surface area (Å²) in [6.45, 7) is 2.86. The van der Waals surface area contributed by atoms with Crippen LogP contribution in [0.15, 0.2) is 24.3 Å². The largest absolute Gasteiger partial charge is 0.494 e. The highest BCUT2D eigenvalue weighted by Gasteiger charge is 2.13. The summed E-state index contributed by atoms with van der Waals surface area (Å²) in [5, 5.41) is 0. The average molecular weight is 288 g/mol. The van der Waals surface area contributed by atoms with E-state index in [4.69, 9.17) is 10.5 Å². The minimum atomic E-state index is -0.609. The summed E-state index contributed by atoms with van der Waals surface area (Å²) in [7, 11) is 1.34. The summed E-state index contributed by atoms with van der Waals surface area (Å²) >= 11 is 0. The fraction of sp³-hybridized carbons (Fsp3) is 0.500. The fourth-order valence-electron chi connectivity index (χ4n) is 1.54. The Labute approximate surface area is 120 Å². The van der Waals surface area contributed by atoms with Crippen molar-refractivity contribution in [3.63, 3.8) is 0 Å². The maximum Gasteiger partial charge on any atom is 0.322 e. The van der Waals surface area contributed by atoms with E-state index in [9.17, 15) is 4.79 Å². The lowest BCUT2D eigenvalue weighted by Crippen LogP contribution is -2.33. The molecule has 0 aliphatic carbocycles. The number of esters is 1. The standard InChI is InChI=1S/C14H21NO3.ClH/c1-3-4-9-18-12-7-5-11(6-8-12)10-13(15)14(16)17-2;/h5-8,13H,3-4,9-10,15H2,1-2H3;1H/t13-;/m0./s1. The van der Waals surface area contributed by atoms with E-state index in [1.165, 1.54) is 7.11 Å². The van der Waals surface area contributed by atoms with Crippen LogP contribution in [-0.4, -0.2) is 25.7 Å². The smallest absolute Gasteiger partial charge is 0.322 e. The van der Waals surface area contributed by atoms with Crippen molar-refractivity contribution in [2.75, 3.05) is 13.7 Å². The lowest BCUT2D eigenvalue weighted by Gasteiger charge is -2.10. The topological polar surface area (TPSA) is 61.5 Å². The van der Waals surface area contributed by atoms with Crippen molar-refractivity contribution in [1.29, 1.82) is 0 Å². The average Bonchev–Trinajstić information content (AvgIpc) is 2.40. The monoisotopic (exact) mass is 287 g/mol. The molecule has 2 N–H and O–H groups in total. The number of unbranched alkanes of at least 4 members (excludes halogenated alkanes) is 1. The lowest BCUT2D eigenvalue weighted by molar-refractivity contribution is -0.142. The Bertz CT molecular complexity index is 367. The van der Waals surface area contributed by atoms with Gasteiger partial charge in [-0.3, -0.25) is 4.79 Å². The van der Waals surface area contributed by atoms with Gasteiger partial charge in [-0.2, -0.15) is 0 Å². The predicted molar refractivity (Wildman–Crippen MR) is 77.8 cm³/mol. The highest BCUT2D eigenvalue weighted by atomic mass is 35.5. The van der Waals surface area contributed by atoms with E-state index in [1.54, 1.807) is 0 Å². The van der Waals surface area contributed by atoms with Crippen LogP contribution in [0.4, 0.5) is 0 Å². The van der Waals surface area contributed by atoms with Gasteiger partial charge in [0.2, 0.25) is 0 Å². The Morgan fingerprint density at radius 2 is 1.95 bits per heavy atom. The molecule has 0 aliphatic heterocycles. The Balaban J connectivity index is 0.00000324. The van der Waals surface area contributed by atoms with Gasteiger partial charge in [-0.15, -0.1) is 12.4 Å². The van der Waals surface area contributed by atoms with Gasteiger partial charge in [0.15, 0.2) is 0 Å². The highest BCUT2D eigenvalue weighted by Crippen LogP contribution is 2.13. The second-order valence-corrected chi connectivity index (χ2v) is 4.18. The number of hydrogen-bond donors (Lipinski definition) is 1. The molecule has 19 heavy (non-hydrogen) atoms. The summed E-state index contributed by atoms with van der Waals surface area (Å²) in [5.74, 6) is 0.456. The van der Waals surface area contributed by atoms with Crippen LogP contribution in [0.2, 0.25) is 0 Å². The van der Waals surface area contributed by atoms with Gasteiger partial charge in [0.1, 0.15) is 11.8 Å². The number of carbonyl (C=O) groups excluding carboxylic acids is 1. The normalized spacial score (nSPS) is 11.3. The van der Waals surface area contributed by atoms with E-state index in [0.717, 1.165) is 30.8 Å². The van der Waals surface area contributed by atoms with Gasteiger partial charge in [0.05, 0.1) is 13.7 Å². The summed E-state index contributed by atoms with van der Waals surface area (Å²) in [6.07, 6.45) is 2.64. The van der Waals surface area contributed by atoms with Gasteiger partial charge < -0.3 is 15.2 Å². The Morgan fingerprint density at radius 3 is 2.47 bits per heavy atom. The minimum Gasteiger partial charge on any atom is -0.494 e. The number of halogens is 1. The van der Waals surface area contributed by atoms with E-state index in [1.807, 2.05) is 24.3 Å². The zero-order valence-corrected chi connectivity index (χ0v) is 12.2. The van der Waals surface area contributed by atoms with Crippen molar-refractivity contribution in [3.8, 4) is 5.75 Å². The van der Waals surface area contributed by atoms with Crippen LogP contribution in [0.5, 0.6) is 5.75 Å². The molecular weight excluding hydrogens is 266 g/mol. The predicted octanol–water partition coefficient (Wildman–Crippen LogP) is 2.33. The lowest BCUT2D eigenvalue weighted by atomic mass is 10.1. The molecule has 0 fully saturated rings. The molecule has 0 heterocycles. The maximum absolute atomic E-state index is 11.2. The van der Waals surface area contributed by atoms with Gasteiger partial charge >= 0.3 is 5.97 Å². The van der Waals surface area contributed by atoms with Gasteiger partial charge in [-0.25, -0.2) is 0 Å². The summed E-state index contributed by atoms with van der Waals surface area (Å²) in [4.78, 5) is 11.2. The van der Waals surface area contributed by atoms with Crippen molar-refractivity contribution in [2.24, 2.45) is 5.73 Å². The molecule has 0 saturated heterocycles. The molecule has 0 bridgehead atoms. The molecule has 0 unspecified atom stereocenters. The number of ether oxygens (including phenoxy) is 2. The van der Waals surface area contributed by atoms with Gasteiger partial charge in [0.25, 0.3) is 0 Å². The third-order valence-corrected chi connectivity index (χ3v) is 2.65. The summed E-state index contributed by atoms with van der Waals surface area (Å²) < 4.78 is 10.1. The van der Waals surface area contributed by atoms with E-state index in [2.05, 4.69) is 11.7 Å². The van der Waals surface area contributed by atoms with Crippen LogP contribution in [0.1, 0.15) is 25.3 Å². The fourth-order valence-corrected chi connectivity index (χ4v) is 1.54. The highest BCUT2D eigenvalue weighted by molar-refractivity contribution is 5.85.